The fraction of sp³-hybridized carbons (Fsp3) is 0.704. The van der Waals surface area contributed by atoms with E-state index in [4.69, 9.17) is 18.6 Å². The van der Waals surface area contributed by atoms with Crippen LogP contribution in [0.5, 0.6) is 0 Å². The summed E-state index contributed by atoms with van der Waals surface area (Å²) < 4.78 is 23.8. The summed E-state index contributed by atoms with van der Waals surface area (Å²) >= 11 is 0. The summed E-state index contributed by atoms with van der Waals surface area (Å²) in [6.45, 7) is 4.23. The number of rotatable bonds is 2. The van der Waals surface area contributed by atoms with E-state index in [1.807, 2.05) is 6.08 Å². The first-order valence-corrected chi connectivity index (χ1v) is 12.6. The smallest absolute Gasteiger partial charge is 0.347 e. The van der Waals surface area contributed by atoms with Crippen LogP contribution in [0.15, 0.2) is 34.5 Å². The lowest BCUT2D eigenvalue weighted by Crippen LogP contribution is -2.67. The van der Waals surface area contributed by atoms with E-state index in [-0.39, 0.29) is 41.3 Å². The van der Waals surface area contributed by atoms with Crippen molar-refractivity contribution in [3.63, 3.8) is 0 Å². The third kappa shape index (κ3) is 2.73. The number of methoxy groups -OCH3 is 1. The maximum atomic E-state index is 13.6. The van der Waals surface area contributed by atoms with Crippen molar-refractivity contribution in [2.45, 2.75) is 76.5 Å². The van der Waals surface area contributed by atoms with E-state index in [2.05, 4.69) is 13.8 Å². The highest BCUT2D eigenvalue weighted by Crippen LogP contribution is 2.69. The van der Waals surface area contributed by atoms with Crippen LogP contribution < -0.4 is 0 Å². The van der Waals surface area contributed by atoms with E-state index in [9.17, 15) is 14.7 Å². The van der Waals surface area contributed by atoms with Crippen molar-refractivity contribution in [3.8, 4) is 0 Å². The Labute approximate surface area is 199 Å². The van der Waals surface area contributed by atoms with Crippen LogP contribution in [-0.4, -0.2) is 42.1 Å². The van der Waals surface area contributed by atoms with Gasteiger partial charge < -0.3 is 23.7 Å². The van der Waals surface area contributed by atoms with Crippen molar-refractivity contribution in [1.29, 1.82) is 0 Å². The lowest BCUT2D eigenvalue weighted by Gasteiger charge is -2.61. The predicted octanol–water partition coefficient (Wildman–Crippen LogP) is 3.89. The zero-order chi connectivity index (χ0) is 23.9. The second kappa shape index (κ2) is 7.36. The van der Waals surface area contributed by atoms with E-state index in [1.165, 1.54) is 18.9 Å². The van der Waals surface area contributed by atoms with Gasteiger partial charge in [-0.15, -0.1) is 0 Å². The summed E-state index contributed by atoms with van der Waals surface area (Å²) in [6.07, 6.45) is 7.81. The van der Waals surface area contributed by atoms with Gasteiger partial charge in [0.25, 0.3) is 0 Å². The highest BCUT2D eigenvalue weighted by atomic mass is 16.9. The third-order valence-electron chi connectivity index (χ3n) is 10.3. The third-order valence-corrected chi connectivity index (χ3v) is 10.3. The van der Waals surface area contributed by atoms with E-state index >= 15 is 0 Å². The highest BCUT2D eigenvalue weighted by Gasteiger charge is 2.72. The molecule has 1 unspecified atom stereocenters. The summed E-state index contributed by atoms with van der Waals surface area (Å²) in [5, 5.41) is 11.7. The van der Waals surface area contributed by atoms with Gasteiger partial charge >= 0.3 is 5.97 Å². The second-order valence-corrected chi connectivity index (χ2v) is 11.5. The summed E-state index contributed by atoms with van der Waals surface area (Å²) in [6, 6.07) is 3.47. The van der Waals surface area contributed by atoms with E-state index < -0.39 is 23.1 Å². The number of aliphatic hydroxyl groups is 1. The molecule has 4 fully saturated rings. The van der Waals surface area contributed by atoms with Gasteiger partial charge in [0.1, 0.15) is 12.2 Å². The molecule has 1 spiro atoms. The molecule has 7 heteroatoms. The van der Waals surface area contributed by atoms with Crippen LogP contribution in [0.4, 0.5) is 0 Å². The van der Waals surface area contributed by atoms with Crippen molar-refractivity contribution in [3.05, 3.63) is 35.8 Å². The molecule has 4 aliphatic carbocycles. The van der Waals surface area contributed by atoms with Crippen molar-refractivity contribution < 1.29 is 33.3 Å². The number of aliphatic hydroxyl groups excluding tert-OH is 1. The average Bonchev–Trinajstić information content (AvgIpc) is 3.44. The topological polar surface area (TPSA) is 95.2 Å². The zero-order valence-electron chi connectivity index (χ0n) is 20.2. The van der Waals surface area contributed by atoms with Crippen LogP contribution in [-0.2, 0) is 29.8 Å². The molecule has 1 saturated heterocycles. The van der Waals surface area contributed by atoms with Gasteiger partial charge in [0.05, 0.1) is 12.4 Å². The number of Topliss-reactive ketones (excluding diaryl/α,β-unsaturated/α-hetero) is 1. The normalized spacial score (nSPS) is 48.3. The van der Waals surface area contributed by atoms with Crippen LogP contribution in [0.1, 0.15) is 64.6 Å². The summed E-state index contributed by atoms with van der Waals surface area (Å²) in [7, 11) is 1.49. The van der Waals surface area contributed by atoms with Crippen LogP contribution in [0.2, 0.25) is 0 Å². The summed E-state index contributed by atoms with van der Waals surface area (Å²) in [5.74, 6) is -0.525. The molecule has 1 aromatic rings. The predicted molar refractivity (Wildman–Crippen MR) is 120 cm³/mol. The molecule has 3 saturated carbocycles. The molecule has 0 amide bonds. The fourth-order valence-corrected chi connectivity index (χ4v) is 8.67. The van der Waals surface area contributed by atoms with Crippen LogP contribution in [0.25, 0.3) is 0 Å². The van der Waals surface area contributed by atoms with Crippen molar-refractivity contribution in [2.75, 3.05) is 13.7 Å². The Kier molecular flexibility index (Phi) is 4.90. The highest BCUT2D eigenvalue weighted by molar-refractivity contribution is 5.92. The average molecular weight is 471 g/mol. The molecule has 8 atom stereocenters. The summed E-state index contributed by atoms with van der Waals surface area (Å²) in [5.41, 5.74) is -0.648. The molecule has 0 radical (unpaired) electrons. The number of ketones is 2. The fourth-order valence-electron chi connectivity index (χ4n) is 8.67. The Balaban J connectivity index is 1.40. The molecule has 1 aliphatic heterocycles. The molecule has 0 bridgehead atoms. The summed E-state index contributed by atoms with van der Waals surface area (Å²) in [4.78, 5) is 25.7. The number of ether oxygens (including phenoxy) is 3. The van der Waals surface area contributed by atoms with Gasteiger partial charge in [-0.3, -0.25) is 9.59 Å². The number of hydrogen-bond donors (Lipinski definition) is 1. The number of carbonyl (C=O) groups is 2. The molecule has 1 N–H and O–H groups in total. The van der Waals surface area contributed by atoms with E-state index in [0.29, 0.717) is 25.0 Å². The number of furan rings is 1. The number of hydrogen-bond acceptors (Lipinski definition) is 7. The standard InChI is InChI=1S/C27H34O7/c1-24-10-8-17(28)13-16(24)6-7-18-19-9-11-26(25(19,2)14-20(29)23(18)24)21(30)15-33-27(31-3,34-26)22-5-4-12-32-22/h4-5,12-13,18-20,23,29H,6-11,14-15H2,1-3H3/t18-,19-,20-,23+,24-,25-,26-,27?/m0/s1. The molecule has 7 nitrogen and oxygen atoms in total. The minimum atomic E-state index is -1.59. The largest absolute Gasteiger partial charge is 0.461 e. The van der Waals surface area contributed by atoms with Crippen molar-refractivity contribution in [1.82, 2.24) is 0 Å². The lowest BCUT2D eigenvalue weighted by atomic mass is 9.45. The van der Waals surface area contributed by atoms with Gasteiger partial charge in [0.2, 0.25) is 0 Å². The van der Waals surface area contributed by atoms with Crippen LogP contribution >= 0.6 is 0 Å². The molecule has 2 heterocycles. The zero-order valence-corrected chi connectivity index (χ0v) is 20.2. The number of allylic oxidation sites excluding steroid dienone is 1. The molecule has 1 aromatic heterocycles. The van der Waals surface area contributed by atoms with Gasteiger partial charge in [-0.05, 0) is 79.9 Å². The monoisotopic (exact) mass is 470 g/mol. The SMILES string of the molecule is COC1(c2ccco2)OCC(=O)[C@]2(CC[C@H]3[C@@H]4CCC5=CC(=O)CC[C@]5(C)[C@H]4[C@@H](O)C[C@@]32C)O1. The molecular formula is C27H34O7. The Bertz CT molecular complexity index is 1050. The molecule has 0 aromatic carbocycles. The minimum Gasteiger partial charge on any atom is -0.461 e. The van der Waals surface area contributed by atoms with Crippen LogP contribution in [0, 0.1) is 28.6 Å². The number of carbonyl (C=O) groups excluding carboxylic acids is 2. The van der Waals surface area contributed by atoms with Crippen molar-refractivity contribution >= 4 is 11.6 Å². The first-order valence-electron chi connectivity index (χ1n) is 12.6. The maximum absolute atomic E-state index is 13.6. The Morgan fingerprint density at radius 3 is 2.71 bits per heavy atom. The van der Waals surface area contributed by atoms with E-state index in [0.717, 1.165) is 25.7 Å². The van der Waals surface area contributed by atoms with Crippen molar-refractivity contribution in [2.24, 2.45) is 28.6 Å². The van der Waals surface area contributed by atoms with Gasteiger partial charge in [-0.2, -0.15) is 0 Å². The molecular weight excluding hydrogens is 436 g/mol. The Hall–Kier alpha value is -1.80. The van der Waals surface area contributed by atoms with Crippen LogP contribution in [0.3, 0.4) is 0 Å². The molecule has 34 heavy (non-hydrogen) atoms. The van der Waals surface area contributed by atoms with E-state index in [1.54, 1.807) is 12.1 Å². The first kappa shape index (κ1) is 22.7. The minimum absolute atomic E-state index is 0.0843. The molecule has 184 valence electrons. The maximum Gasteiger partial charge on any atom is 0.347 e. The molecule has 5 aliphatic rings. The molecule has 6 rings (SSSR count). The van der Waals surface area contributed by atoms with Gasteiger partial charge in [-0.1, -0.05) is 19.4 Å². The lowest BCUT2D eigenvalue weighted by molar-refractivity contribution is -0.441. The second-order valence-electron chi connectivity index (χ2n) is 11.5. The van der Waals surface area contributed by atoms with Gasteiger partial charge in [0.15, 0.2) is 17.3 Å². The number of fused-ring (bicyclic) bond motifs is 6. The first-order chi connectivity index (χ1) is 16.2. The Morgan fingerprint density at radius 2 is 1.97 bits per heavy atom. The van der Waals surface area contributed by atoms with Gasteiger partial charge in [-0.25, -0.2) is 0 Å². The quantitative estimate of drug-likeness (QED) is 0.701. The van der Waals surface area contributed by atoms with Gasteiger partial charge in [0, 0.05) is 18.9 Å². The Morgan fingerprint density at radius 1 is 1.15 bits per heavy atom.